The molecule has 1 aromatic rings. The van der Waals surface area contributed by atoms with Gasteiger partial charge in [0.15, 0.2) is 0 Å². The van der Waals surface area contributed by atoms with Crippen LogP contribution < -0.4 is 0 Å². The third-order valence-electron chi connectivity index (χ3n) is 1.63. The van der Waals surface area contributed by atoms with E-state index in [2.05, 4.69) is 21.9 Å². The normalized spacial score (nSPS) is 9.21. The zero-order valence-corrected chi connectivity index (χ0v) is 9.30. The van der Waals surface area contributed by atoms with Crippen molar-refractivity contribution in [2.75, 3.05) is 6.61 Å². The summed E-state index contributed by atoms with van der Waals surface area (Å²) in [4.78, 5) is 11.4. The molecule has 0 aliphatic carbocycles. The number of carbonyl (C=O) groups excluding carboxylic acids is 1. The molecule has 0 N–H and O–H groups in total. The van der Waals surface area contributed by atoms with E-state index in [-0.39, 0.29) is 5.97 Å². The van der Waals surface area contributed by atoms with Gasteiger partial charge in [0.25, 0.3) is 0 Å². The molecule has 0 fully saturated rings. The monoisotopic (exact) mass is 252 g/mol. The summed E-state index contributed by atoms with van der Waals surface area (Å²) >= 11 is 3.26. The van der Waals surface area contributed by atoms with Crippen molar-refractivity contribution in [3.63, 3.8) is 0 Å². The average Bonchev–Trinajstić information content (AvgIpc) is 2.19. The molecule has 0 aliphatic heterocycles. The number of ether oxygens (including phenoxy) is 1. The van der Waals surface area contributed by atoms with Crippen molar-refractivity contribution < 1.29 is 9.53 Å². The van der Waals surface area contributed by atoms with Gasteiger partial charge in [-0.2, -0.15) is 0 Å². The lowest BCUT2D eigenvalue weighted by Crippen LogP contribution is -2.05. The SMILES string of the molecule is C#Cc1ccc(Br)c(C(=O)OCC)c1. The van der Waals surface area contributed by atoms with Crippen LogP contribution in [0.15, 0.2) is 22.7 Å². The molecule has 0 bridgehead atoms. The first-order chi connectivity index (χ1) is 6.69. The summed E-state index contributed by atoms with van der Waals surface area (Å²) in [6, 6.07) is 5.12. The number of carbonyl (C=O) groups is 1. The molecule has 1 rings (SSSR count). The Balaban J connectivity index is 3.07. The Hall–Kier alpha value is -1.27. The molecule has 0 radical (unpaired) electrons. The van der Waals surface area contributed by atoms with Crippen molar-refractivity contribution in [3.05, 3.63) is 33.8 Å². The van der Waals surface area contributed by atoms with E-state index in [0.717, 1.165) is 0 Å². The number of hydrogen-bond acceptors (Lipinski definition) is 2. The van der Waals surface area contributed by atoms with Gasteiger partial charge in [-0.1, -0.05) is 5.92 Å². The third-order valence-corrected chi connectivity index (χ3v) is 2.32. The van der Waals surface area contributed by atoms with Crippen LogP contribution in [0.3, 0.4) is 0 Å². The molecule has 0 spiro atoms. The maximum absolute atomic E-state index is 11.4. The fraction of sp³-hybridized carbons (Fsp3) is 0.182. The Morgan fingerprint density at radius 3 is 2.93 bits per heavy atom. The quantitative estimate of drug-likeness (QED) is 0.598. The molecule has 2 nitrogen and oxygen atoms in total. The maximum Gasteiger partial charge on any atom is 0.339 e. The van der Waals surface area contributed by atoms with Gasteiger partial charge in [-0.15, -0.1) is 6.42 Å². The zero-order chi connectivity index (χ0) is 10.6. The van der Waals surface area contributed by atoms with Gasteiger partial charge in [-0.3, -0.25) is 0 Å². The van der Waals surface area contributed by atoms with E-state index in [1.165, 1.54) is 0 Å². The average molecular weight is 253 g/mol. The largest absolute Gasteiger partial charge is 0.462 e. The van der Waals surface area contributed by atoms with Crippen molar-refractivity contribution in [2.45, 2.75) is 6.92 Å². The van der Waals surface area contributed by atoms with E-state index in [9.17, 15) is 4.79 Å². The van der Waals surface area contributed by atoms with E-state index in [0.29, 0.717) is 22.2 Å². The first-order valence-electron chi connectivity index (χ1n) is 4.12. The van der Waals surface area contributed by atoms with Crippen molar-refractivity contribution in [2.24, 2.45) is 0 Å². The van der Waals surface area contributed by atoms with Gasteiger partial charge < -0.3 is 4.74 Å². The molecule has 0 amide bonds. The summed E-state index contributed by atoms with van der Waals surface area (Å²) in [5.41, 5.74) is 1.12. The number of halogens is 1. The lowest BCUT2D eigenvalue weighted by Gasteiger charge is -2.04. The third kappa shape index (κ3) is 2.36. The fourth-order valence-corrected chi connectivity index (χ4v) is 1.39. The van der Waals surface area contributed by atoms with E-state index in [1.54, 1.807) is 25.1 Å². The lowest BCUT2D eigenvalue weighted by atomic mass is 10.1. The molecule has 14 heavy (non-hydrogen) atoms. The number of hydrogen-bond donors (Lipinski definition) is 0. The Labute approximate surface area is 91.4 Å². The van der Waals surface area contributed by atoms with Crippen LogP contribution in [0.25, 0.3) is 0 Å². The highest BCUT2D eigenvalue weighted by Gasteiger charge is 2.10. The topological polar surface area (TPSA) is 26.3 Å². The van der Waals surface area contributed by atoms with Crippen LogP contribution in [-0.2, 0) is 4.74 Å². The fourth-order valence-electron chi connectivity index (χ4n) is 0.980. The van der Waals surface area contributed by atoms with Crippen molar-refractivity contribution in [3.8, 4) is 12.3 Å². The predicted molar refractivity (Wildman–Crippen MR) is 58.0 cm³/mol. The van der Waals surface area contributed by atoms with E-state index < -0.39 is 0 Å². The molecule has 1 aromatic carbocycles. The molecule has 0 aromatic heterocycles. The minimum atomic E-state index is -0.364. The second-order valence-corrected chi connectivity index (χ2v) is 3.41. The minimum Gasteiger partial charge on any atom is -0.462 e. The standard InChI is InChI=1S/C11H9BrO2/c1-3-8-5-6-10(12)9(7-8)11(13)14-4-2/h1,5-7H,4H2,2H3. The van der Waals surface area contributed by atoms with Crippen molar-refractivity contribution in [1.82, 2.24) is 0 Å². The molecule has 0 heterocycles. The molecule has 0 atom stereocenters. The summed E-state index contributed by atoms with van der Waals surface area (Å²) in [6.45, 7) is 2.11. The number of esters is 1. The van der Waals surface area contributed by atoms with Crippen LogP contribution in [-0.4, -0.2) is 12.6 Å². The van der Waals surface area contributed by atoms with Crippen molar-refractivity contribution in [1.29, 1.82) is 0 Å². The van der Waals surface area contributed by atoms with E-state index in [1.807, 2.05) is 0 Å². The van der Waals surface area contributed by atoms with Gasteiger partial charge in [0.05, 0.1) is 12.2 Å². The zero-order valence-electron chi connectivity index (χ0n) is 7.71. The Morgan fingerprint density at radius 2 is 2.36 bits per heavy atom. The van der Waals surface area contributed by atoms with Gasteiger partial charge in [0.1, 0.15) is 0 Å². The van der Waals surface area contributed by atoms with Gasteiger partial charge in [-0.25, -0.2) is 4.79 Å². The molecule has 3 heteroatoms. The van der Waals surface area contributed by atoms with E-state index in [4.69, 9.17) is 11.2 Å². The molecule has 0 saturated heterocycles. The molecule has 0 aliphatic rings. The van der Waals surface area contributed by atoms with Crippen LogP contribution >= 0.6 is 15.9 Å². The molecular formula is C11H9BrO2. The number of terminal acetylenes is 1. The smallest absolute Gasteiger partial charge is 0.339 e. The first kappa shape index (κ1) is 10.8. The summed E-state index contributed by atoms with van der Waals surface area (Å²) in [7, 11) is 0. The molecule has 0 saturated carbocycles. The highest BCUT2D eigenvalue weighted by atomic mass is 79.9. The Kier molecular flexibility index (Phi) is 3.73. The molecule has 0 unspecified atom stereocenters. The van der Waals surface area contributed by atoms with Crippen molar-refractivity contribution >= 4 is 21.9 Å². The highest BCUT2D eigenvalue weighted by molar-refractivity contribution is 9.10. The summed E-state index contributed by atoms with van der Waals surface area (Å²) in [5, 5.41) is 0. The second kappa shape index (κ2) is 4.83. The first-order valence-corrected chi connectivity index (χ1v) is 4.91. The van der Waals surface area contributed by atoms with Crippen LogP contribution in [0.4, 0.5) is 0 Å². The Morgan fingerprint density at radius 1 is 1.64 bits per heavy atom. The molecule has 72 valence electrons. The van der Waals surface area contributed by atoms with E-state index >= 15 is 0 Å². The maximum atomic E-state index is 11.4. The highest BCUT2D eigenvalue weighted by Crippen LogP contribution is 2.18. The summed E-state index contributed by atoms with van der Waals surface area (Å²) in [6.07, 6.45) is 5.23. The lowest BCUT2D eigenvalue weighted by molar-refractivity contribution is 0.0525. The van der Waals surface area contributed by atoms with Gasteiger partial charge in [0, 0.05) is 10.0 Å². The summed E-state index contributed by atoms with van der Waals surface area (Å²) in [5.74, 6) is 2.10. The number of benzene rings is 1. The van der Waals surface area contributed by atoms with Crippen LogP contribution in [0.5, 0.6) is 0 Å². The predicted octanol–water partition coefficient (Wildman–Crippen LogP) is 2.61. The van der Waals surface area contributed by atoms with Crippen LogP contribution in [0.2, 0.25) is 0 Å². The van der Waals surface area contributed by atoms with Crippen LogP contribution in [0, 0.1) is 12.3 Å². The second-order valence-electron chi connectivity index (χ2n) is 2.56. The summed E-state index contributed by atoms with van der Waals surface area (Å²) < 4.78 is 5.56. The van der Waals surface area contributed by atoms with Crippen LogP contribution in [0.1, 0.15) is 22.8 Å². The van der Waals surface area contributed by atoms with Gasteiger partial charge >= 0.3 is 5.97 Å². The Bertz CT molecular complexity index is 391. The number of rotatable bonds is 2. The minimum absolute atomic E-state index is 0.353. The van der Waals surface area contributed by atoms with Gasteiger partial charge in [0.2, 0.25) is 0 Å². The van der Waals surface area contributed by atoms with Gasteiger partial charge in [-0.05, 0) is 41.1 Å². The molecular weight excluding hydrogens is 244 g/mol.